The zero-order valence-corrected chi connectivity index (χ0v) is 18.3. The minimum atomic E-state index is -0.564. The summed E-state index contributed by atoms with van der Waals surface area (Å²) >= 11 is 0. The van der Waals surface area contributed by atoms with E-state index < -0.39 is 6.04 Å². The molecule has 30 heavy (non-hydrogen) atoms. The molecular formula is C24H32N2O4. The number of nitrogens with one attached hydrogen (secondary N) is 1. The maximum atomic E-state index is 13.1. The van der Waals surface area contributed by atoms with E-state index in [1.165, 1.54) is 0 Å². The number of carbonyl (C=O) groups excluding carboxylic acids is 2. The quantitative estimate of drug-likeness (QED) is 0.610. The Morgan fingerprint density at radius 1 is 0.967 bits per heavy atom. The Hall–Kier alpha value is -3.02. The maximum Gasteiger partial charge on any atom is 0.261 e. The molecule has 0 spiro atoms. The summed E-state index contributed by atoms with van der Waals surface area (Å²) in [7, 11) is 1.59. The SMILES string of the molecule is CC[C@@H](C)NC(=O)[C@H](CC)N(Cc1ccccc1)C(=O)COc1ccc(OC)cc1. The maximum absolute atomic E-state index is 13.1. The summed E-state index contributed by atoms with van der Waals surface area (Å²) in [4.78, 5) is 27.6. The second kappa shape index (κ2) is 11.9. The van der Waals surface area contributed by atoms with Crippen LogP contribution in [0.5, 0.6) is 11.5 Å². The van der Waals surface area contributed by atoms with Gasteiger partial charge in [-0.1, -0.05) is 44.2 Å². The molecule has 0 heterocycles. The minimum absolute atomic E-state index is 0.0516. The second-order valence-corrected chi connectivity index (χ2v) is 7.21. The largest absolute Gasteiger partial charge is 0.497 e. The first-order valence-electron chi connectivity index (χ1n) is 10.4. The van der Waals surface area contributed by atoms with E-state index in [0.717, 1.165) is 12.0 Å². The third kappa shape index (κ3) is 6.79. The molecule has 2 amide bonds. The van der Waals surface area contributed by atoms with Gasteiger partial charge in [-0.25, -0.2) is 0 Å². The third-order valence-corrected chi connectivity index (χ3v) is 5.00. The lowest BCUT2D eigenvalue weighted by Crippen LogP contribution is -2.51. The lowest BCUT2D eigenvalue weighted by atomic mass is 10.1. The normalized spacial score (nSPS) is 12.5. The molecule has 0 radical (unpaired) electrons. The zero-order chi connectivity index (χ0) is 21.9. The van der Waals surface area contributed by atoms with E-state index in [2.05, 4.69) is 5.32 Å². The van der Waals surface area contributed by atoms with Gasteiger partial charge in [0.25, 0.3) is 5.91 Å². The molecule has 1 N–H and O–H groups in total. The molecule has 0 aliphatic carbocycles. The van der Waals surface area contributed by atoms with Gasteiger partial charge in [0.05, 0.1) is 7.11 Å². The number of methoxy groups -OCH3 is 1. The molecule has 2 rings (SSSR count). The number of rotatable bonds is 11. The highest BCUT2D eigenvalue weighted by molar-refractivity contribution is 5.88. The molecule has 0 unspecified atom stereocenters. The summed E-state index contributed by atoms with van der Waals surface area (Å²) in [5.74, 6) is 0.912. The van der Waals surface area contributed by atoms with Gasteiger partial charge in [-0.05, 0) is 49.6 Å². The number of nitrogens with zero attached hydrogens (tertiary/aromatic N) is 1. The van der Waals surface area contributed by atoms with Gasteiger partial charge >= 0.3 is 0 Å². The van der Waals surface area contributed by atoms with Gasteiger partial charge in [0.15, 0.2) is 6.61 Å². The summed E-state index contributed by atoms with van der Waals surface area (Å²) < 4.78 is 10.8. The number of hydrogen-bond acceptors (Lipinski definition) is 4. The smallest absolute Gasteiger partial charge is 0.261 e. The molecule has 6 nitrogen and oxygen atoms in total. The highest BCUT2D eigenvalue weighted by Crippen LogP contribution is 2.18. The van der Waals surface area contributed by atoms with Crippen molar-refractivity contribution in [2.75, 3.05) is 13.7 Å². The Balaban J connectivity index is 2.15. The van der Waals surface area contributed by atoms with Crippen molar-refractivity contribution in [3.05, 3.63) is 60.2 Å². The molecular weight excluding hydrogens is 380 g/mol. The molecule has 0 aromatic heterocycles. The van der Waals surface area contributed by atoms with Crippen molar-refractivity contribution in [3.8, 4) is 11.5 Å². The van der Waals surface area contributed by atoms with Crippen LogP contribution in [0.4, 0.5) is 0 Å². The van der Waals surface area contributed by atoms with Crippen LogP contribution in [0.25, 0.3) is 0 Å². The van der Waals surface area contributed by atoms with Crippen LogP contribution < -0.4 is 14.8 Å². The van der Waals surface area contributed by atoms with Crippen molar-refractivity contribution in [2.45, 2.75) is 52.2 Å². The average molecular weight is 413 g/mol. The number of amides is 2. The van der Waals surface area contributed by atoms with Gasteiger partial charge < -0.3 is 19.7 Å². The first-order valence-corrected chi connectivity index (χ1v) is 10.4. The van der Waals surface area contributed by atoms with Crippen LogP contribution in [-0.4, -0.2) is 42.5 Å². The van der Waals surface area contributed by atoms with Crippen LogP contribution in [0.3, 0.4) is 0 Å². The summed E-state index contributed by atoms with van der Waals surface area (Å²) in [5.41, 5.74) is 0.963. The number of benzene rings is 2. The Kier molecular flexibility index (Phi) is 9.19. The summed E-state index contributed by atoms with van der Waals surface area (Å²) in [6.45, 7) is 6.09. The molecule has 0 saturated heterocycles. The topological polar surface area (TPSA) is 67.9 Å². The summed E-state index contributed by atoms with van der Waals surface area (Å²) in [6.07, 6.45) is 1.35. The number of ether oxygens (including phenoxy) is 2. The van der Waals surface area contributed by atoms with Crippen LogP contribution >= 0.6 is 0 Å². The van der Waals surface area contributed by atoms with Crippen molar-refractivity contribution in [1.29, 1.82) is 0 Å². The van der Waals surface area contributed by atoms with Crippen molar-refractivity contribution < 1.29 is 19.1 Å². The van der Waals surface area contributed by atoms with Crippen molar-refractivity contribution in [1.82, 2.24) is 10.2 Å². The van der Waals surface area contributed by atoms with E-state index in [9.17, 15) is 9.59 Å². The monoisotopic (exact) mass is 412 g/mol. The lowest BCUT2D eigenvalue weighted by Gasteiger charge is -2.31. The fourth-order valence-corrected chi connectivity index (χ4v) is 3.04. The van der Waals surface area contributed by atoms with E-state index in [-0.39, 0.29) is 24.5 Å². The van der Waals surface area contributed by atoms with Crippen molar-refractivity contribution in [3.63, 3.8) is 0 Å². The second-order valence-electron chi connectivity index (χ2n) is 7.21. The molecule has 0 aliphatic heterocycles. The summed E-state index contributed by atoms with van der Waals surface area (Å²) in [5, 5.41) is 3.00. The minimum Gasteiger partial charge on any atom is -0.497 e. The number of hydrogen-bond donors (Lipinski definition) is 1. The van der Waals surface area contributed by atoms with Crippen molar-refractivity contribution in [2.24, 2.45) is 0 Å². The molecule has 2 atom stereocenters. The molecule has 2 aromatic carbocycles. The molecule has 6 heteroatoms. The Labute approximate surface area is 179 Å². The lowest BCUT2D eigenvalue weighted by molar-refractivity contribution is -0.143. The average Bonchev–Trinajstić information content (AvgIpc) is 2.78. The van der Waals surface area contributed by atoms with Gasteiger partial charge in [-0.2, -0.15) is 0 Å². The molecule has 0 aliphatic rings. The van der Waals surface area contributed by atoms with Gasteiger partial charge in [0.2, 0.25) is 5.91 Å². The predicted molar refractivity (Wildman–Crippen MR) is 117 cm³/mol. The van der Waals surface area contributed by atoms with Crippen LogP contribution in [0.1, 0.15) is 39.2 Å². The van der Waals surface area contributed by atoms with Gasteiger partial charge in [0, 0.05) is 12.6 Å². The standard InChI is InChI=1S/C24H32N2O4/c1-5-18(3)25-24(28)22(6-2)26(16-19-10-8-7-9-11-19)23(27)17-30-21-14-12-20(29-4)13-15-21/h7-15,18,22H,5-6,16-17H2,1-4H3,(H,25,28)/t18-,22+/m1/s1. The Bertz CT molecular complexity index is 793. The molecule has 162 valence electrons. The van der Waals surface area contributed by atoms with E-state index >= 15 is 0 Å². The van der Waals surface area contributed by atoms with Crippen LogP contribution in [0.2, 0.25) is 0 Å². The van der Waals surface area contributed by atoms with E-state index in [1.54, 1.807) is 36.3 Å². The zero-order valence-electron chi connectivity index (χ0n) is 18.3. The molecule has 0 bridgehead atoms. The Morgan fingerprint density at radius 2 is 1.60 bits per heavy atom. The van der Waals surface area contributed by atoms with Gasteiger partial charge in [0.1, 0.15) is 17.5 Å². The molecule has 0 fully saturated rings. The van der Waals surface area contributed by atoms with Crippen LogP contribution in [0, 0.1) is 0 Å². The van der Waals surface area contributed by atoms with E-state index in [4.69, 9.17) is 9.47 Å². The van der Waals surface area contributed by atoms with Crippen LogP contribution in [0.15, 0.2) is 54.6 Å². The Morgan fingerprint density at radius 3 is 2.17 bits per heavy atom. The highest BCUT2D eigenvalue weighted by Gasteiger charge is 2.29. The van der Waals surface area contributed by atoms with E-state index in [0.29, 0.717) is 24.5 Å². The summed E-state index contributed by atoms with van der Waals surface area (Å²) in [6, 6.07) is 16.2. The molecule has 0 saturated carbocycles. The van der Waals surface area contributed by atoms with Gasteiger partial charge in [-0.15, -0.1) is 0 Å². The first-order chi connectivity index (χ1) is 14.5. The van der Waals surface area contributed by atoms with E-state index in [1.807, 2.05) is 51.1 Å². The third-order valence-electron chi connectivity index (χ3n) is 5.00. The predicted octanol–water partition coefficient (Wildman–Crippen LogP) is 3.80. The fourth-order valence-electron chi connectivity index (χ4n) is 3.04. The highest BCUT2D eigenvalue weighted by atomic mass is 16.5. The number of carbonyl (C=O) groups is 2. The van der Waals surface area contributed by atoms with Crippen LogP contribution in [-0.2, 0) is 16.1 Å². The molecule has 2 aromatic rings. The van der Waals surface area contributed by atoms with Crippen molar-refractivity contribution >= 4 is 11.8 Å². The van der Waals surface area contributed by atoms with Gasteiger partial charge in [-0.3, -0.25) is 9.59 Å². The first kappa shape index (κ1) is 23.3. The fraction of sp³-hybridized carbons (Fsp3) is 0.417.